The maximum atomic E-state index is 10.9. The molecule has 164 valence electrons. The van der Waals surface area contributed by atoms with Crippen molar-refractivity contribution < 1.29 is 14.6 Å². The van der Waals surface area contributed by atoms with E-state index in [1.165, 1.54) is 22.8 Å². The third kappa shape index (κ3) is 6.01. The van der Waals surface area contributed by atoms with E-state index in [1.54, 1.807) is 6.92 Å². The van der Waals surface area contributed by atoms with E-state index in [0.717, 1.165) is 12.8 Å². The first-order valence-electron chi connectivity index (χ1n) is 10.8. The van der Waals surface area contributed by atoms with Crippen LogP contribution in [0.25, 0.3) is 0 Å². The van der Waals surface area contributed by atoms with E-state index in [4.69, 9.17) is 9.84 Å². The summed E-state index contributed by atoms with van der Waals surface area (Å²) in [6.07, 6.45) is 7.93. The molecule has 1 aromatic rings. The number of benzene rings is 1. The van der Waals surface area contributed by atoms with Crippen LogP contribution in [0.15, 0.2) is 65.3 Å². The minimum absolute atomic E-state index is 0.0366. The Hall–Kier alpha value is -2.05. The summed E-state index contributed by atoms with van der Waals surface area (Å²) in [5, 5.41) is 8.92. The van der Waals surface area contributed by atoms with Crippen LogP contribution in [0.3, 0.4) is 0 Å². The van der Waals surface area contributed by atoms with Gasteiger partial charge in [-0.05, 0) is 0 Å². The second kappa shape index (κ2) is 9.61. The van der Waals surface area contributed by atoms with Gasteiger partial charge in [-0.3, -0.25) is 0 Å². The van der Waals surface area contributed by atoms with Gasteiger partial charge in [0.15, 0.2) is 0 Å². The van der Waals surface area contributed by atoms with Crippen molar-refractivity contribution in [3.05, 3.63) is 70.8 Å². The van der Waals surface area contributed by atoms with Crippen molar-refractivity contribution in [2.75, 3.05) is 0 Å². The Morgan fingerprint density at radius 1 is 1.13 bits per heavy atom. The van der Waals surface area contributed by atoms with Gasteiger partial charge in [0.05, 0.1) is 0 Å². The first-order valence-corrected chi connectivity index (χ1v) is 12.6. The van der Waals surface area contributed by atoms with E-state index in [1.807, 2.05) is 18.2 Å². The molecule has 31 heavy (non-hydrogen) atoms. The summed E-state index contributed by atoms with van der Waals surface area (Å²) in [6, 6.07) is 10.3. The Balaban J connectivity index is 1.85. The molecule has 2 aliphatic rings. The Kier molecular flexibility index (Phi) is 7.32. The Bertz CT molecular complexity index is 971. The average molecular weight is 484 g/mol. The summed E-state index contributed by atoms with van der Waals surface area (Å²) < 4.78 is 6.50. The predicted molar refractivity (Wildman–Crippen MR) is 127 cm³/mol. The molecule has 0 fully saturated rings. The zero-order valence-electron chi connectivity index (χ0n) is 19.1. The molecule has 0 amide bonds. The van der Waals surface area contributed by atoms with Crippen molar-refractivity contribution in [3.8, 4) is 10.7 Å². The first kappa shape index (κ1) is 23.6. The number of aliphatic carboxylic acids is 1. The number of carbonyl (C=O) groups is 1. The molecule has 1 aromatic carbocycles. The van der Waals surface area contributed by atoms with E-state index >= 15 is 0 Å². The van der Waals surface area contributed by atoms with Crippen molar-refractivity contribution in [1.82, 2.24) is 0 Å². The summed E-state index contributed by atoms with van der Waals surface area (Å²) in [4.78, 5) is 14.5. The van der Waals surface area contributed by atoms with Crippen LogP contribution in [-0.4, -0.2) is 32.1 Å². The molecular formula is C27H32O3Se. The van der Waals surface area contributed by atoms with E-state index < -0.39 is 5.97 Å². The molecule has 0 bridgehead atoms. The molecule has 2 atom stereocenters. The van der Waals surface area contributed by atoms with Gasteiger partial charge in [0.1, 0.15) is 0 Å². The van der Waals surface area contributed by atoms with Gasteiger partial charge in [-0.25, -0.2) is 0 Å². The van der Waals surface area contributed by atoms with Gasteiger partial charge < -0.3 is 0 Å². The van der Waals surface area contributed by atoms with Gasteiger partial charge in [-0.15, -0.1) is 0 Å². The molecule has 0 spiro atoms. The second-order valence-electron chi connectivity index (χ2n) is 9.53. The zero-order valence-corrected chi connectivity index (χ0v) is 20.8. The molecule has 0 saturated carbocycles. The Morgan fingerprint density at radius 3 is 2.35 bits per heavy atom. The zero-order chi connectivity index (χ0) is 22.6. The van der Waals surface area contributed by atoms with Crippen molar-refractivity contribution in [3.63, 3.8) is 0 Å². The van der Waals surface area contributed by atoms with Crippen LogP contribution >= 0.6 is 0 Å². The van der Waals surface area contributed by atoms with Gasteiger partial charge >= 0.3 is 193 Å². The summed E-state index contributed by atoms with van der Waals surface area (Å²) in [5.41, 5.74) is 4.92. The summed E-state index contributed by atoms with van der Waals surface area (Å²) in [7, 11) is 0. The Labute approximate surface area is 192 Å². The normalized spacial score (nSPS) is 24.2. The number of ether oxygens (including phenoxy) is 1. The molecule has 0 aromatic heterocycles. The average Bonchev–Trinajstić information content (AvgIpc) is 2.70. The van der Waals surface area contributed by atoms with Gasteiger partial charge in [-0.1, -0.05) is 0 Å². The maximum absolute atomic E-state index is 10.9. The second-order valence-corrected chi connectivity index (χ2v) is 11.7. The van der Waals surface area contributed by atoms with Crippen LogP contribution in [0, 0.1) is 21.6 Å². The van der Waals surface area contributed by atoms with Gasteiger partial charge in [0.25, 0.3) is 0 Å². The van der Waals surface area contributed by atoms with Gasteiger partial charge in [0, 0.05) is 0 Å². The third-order valence-corrected chi connectivity index (χ3v) is 8.25. The molecule has 0 radical (unpaired) electrons. The Morgan fingerprint density at radius 2 is 1.74 bits per heavy atom. The molecular weight excluding hydrogens is 451 g/mol. The van der Waals surface area contributed by atoms with Gasteiger partial charge in [0.2, 0.25) is 0 Å². The number of hydrogen-bond acceptors (Lipinski definition) is 2. The van der Waals surface area contributed by atoms with Crippen molar-refractivity contribution >= 4 is 20.9 Å². The fraction of sp³-hybridized carbons (Fsp3) is 0.444. The number of rotatable bonds is 5. The summed E-state index contributed by atoms with van der Waals surface area (Å²) >= 11 is 0.0366. The number of carboxylic acid groups (broad SMARTS) is 1. The fourth-order valence-corrected chi connectivity index (χ4v) is 6.29. The van der Waals surface area contributed by atoms with Crippen LogP contribution in [0.4, 0.5) is 0 Å². The molecule has 0 heterocycles. The topological polar surface area (TPSA) is 46.5 Å². The van der Waals surface area contributed by atoms with Crippen molar-refractivity contribution in [1.29, 1.82) is 0 Å². The molecule has 3 nitrogen and oxygen atoms in total. The minimum atomic E-state index is -0.950. The summed E-state index contributed by atoms with van der Waals surface area (Å²) in [5.74, 6) is 2.09. The molecule has 2 aliphatic carbocycles. The number of hydrogen-bond donors (Lipinski definition) is 1. The predicted octanol–water partition coefficient (Wildman–Crippen LogP) is 5.77. The van der Waals surface area contributed by atoms with Crippen LogP contribution in [-0.2, 0) is 16.1 Å². The first-order chi connectivity index (χ1) is 14.6. The molecule has 1 N–H and O–H groups in total. The monoisotopic (exact) mass is 484 g/mol. The van der Waals surface area contributed by atoms with E-state index in [-0.39, 0.29) is 31.9 Å². The molecule has 3 rings (SSSR count). The van der Waals surface area contributed by atoms with Crippen molar-refractivity contribution in [2.45, 2.75) is 65.0 Å². The quantitative estimate of drug-likeness (QED) is 0.250. The molecule has 4 heteroatoms. The van der Waals surface area contributed by atoms with Crippen LogP contribution in [0.1, 0.15) is 53.0 Å². The third-order valence-electron chi connectivity index (χ3n) is 6.17. The van der Waals surface area contributed by atoms with E-state index in [0.29, 0.717) is 17.0 Å². The molecule has 0 saturated heterocycles. The standard InChI is InChI=1S/C27H32O3Se/c1-19(15-25(28)29)11-14-31-24-17-22-21(26(2,3)12-13-27(22,4)5)16-23(24)30-18-20-9-7-6-8-10-20/h6-10,12-13,15,23-24H,16-18H2,1-5H3,(H,28,29). The SMILES string of the molecule is CC(C#C[Se]C1CC2=C(CC1OCc1ccccc1)C(C)(C)C=CC2(C)C)=CC(=O)O. The van der Waals surface area contributed by atoms with Gasteiger partial charge in [-0.2, -0.15) is 0 Å². The van der Waals surface area contributed by atoms with Crippen LogP contribution in [0.2, 0.25) is 4.82 Å². The van der Waals surface area contributed by atoms with Crippen LogP contribution < -0.4 is 0 Å². The summed E-state index contributed by atoms with van der Waals surface area (Å²) in [6.45, 7) is 11.6. The number of carboxylic acids is 1. The fourth-order valence-electron chi connectivity index (χ4n) is 4.30. The number of allylic oxidation sites excluding steroid dienone is 4. The molecule has 2 unspecified atom stereocenters. The van der Waals surface area contributed by atoms with Crippen molar-refractivity contribution in [2.24, 2.45) is 10.8 Å². The molecule has 0 aliphatic heterocycles. The van der Waals surface area contributed by atoms with E-state index in [9.17, 15) is 4.79 Å². The van der Waals surface area contributed by atoms with E-state index in [2.05, 4.69) is 62.7 Å². The van der Waals surface area contributed by atoms with Crippen LogP contribution in [0.5, 0.6) is 0 Å².